The van der Waals surface area contributed by atoms with E-state index in [9.17, 15) is 4.79 Å². The summed E-state index contributed by atoms with van der Waals surface area (Å²) in [5, 5.41) is 1.53. The van der Waals surface area contributed by atoms with Crippen molar-refractivity contribution in [2.45, 2.75) is 0 Å². The van der Waals surface area contributed by atoms with E-state index >= 15 is 0 Å². The van der Waals surface area contributed by atoms with E-state index in [2.05, 4.69) is 4.98 Å². The minimum absolute atomic E-state index is 0.199. The average molecular weight is 216 g/mol. The highest BCUT2D eigenvalue weighted by Gasteiger charge is 2.17. The van der Waals surface area contributed by atoms with Gasteiger partial charge in [-0.25, -0.2) is 0 Å². The van der Waals surface area contributed by atoms with E-state index in [1.54, 1.807) is 18.3 Å². The van der Waals surface area contributed by atoms with E-state index in [0.717, 1.165) is 5.39 Å². The van der Waals surface area contributed by atoms with Crippen molar-refractivity contribution < 1.29 is 14.3 Å². The fourth-order valence-corrected chi connectivity index (χ4v) is 1.76. The lowest BCUT2D eigenvalue weighted by molar-refractivity contribution is 0.0997. The SMILES string of the molecule is NC(=O)c1nccc2cc3c(cc12)OCO3. The highest BCUT2D eigenvalue weighted by atomic mass is 16.7. The van der Waals surface area contributed by atoms with Crippen molar-refractivity contribution in [3.63, 3.8) is 0 Å². The number of aromatic nitrogens is 1. The summed E-state index contributed by atoms with van der Waals surface area (Å²) < 4.78 is 10.5. The number of ether oxygens (including phenoxy) is 2. The van der Waals surface area contributed by atoms with Gasteiger partial charge in [-0.05, 0) is 23.6 Å². The first-order valence-corrected chi connectivity index (χ1v) is 4.74. The molecule has 1 aliphatic rings. The molecule has 0 fully saturated rings. The van der Waals surface area contributed by atoms with Gasteiger partial charge in [0.15, 0.2) is 11.5 Å². The number of hydrogen-bond acceptors (Lipinski definition) is 4. The molecule has 1 aromatic carbocycles. The molecule has 1 amide bonds. The summed E-state index contributed by atoms with van der Waals surface area (Å²) in [4.78, 5) is 15.2. The van der Waals surface area contributed by atoms with Crippen LogP contribution in [0.15, 0.2) is 24.4 Å². The first kappa shape index (κ1) is 8.96. The minimum Gasteiger partial charge on any atom is -0.454 e. The Balaban J connectivity index is 2.35. The van der Waals surface area contributed by atoms with Crippen LogP contribution < -0.4 is 15.2 Å². The number of hydrogen-bond donors (Lipinski definition) is 1. The third kappa shape index (κ3) is 1.18. The van der Waals surface area contributed by atoms with Gasteiger partial charge in [0.1, 0.15) is 5.69 Å². The second-order valence-corrected chi connectivity index (χ2v) is 3.45. The third-order valence-corrected chi connectivity index (χ3v) is 2.49. The molecule has 0 bridgehead atoms. The van der Waals surface area contributed by atoms with Gasteiger partial charge in [0.25, 0.3) is 5.91 Å². The number of nitrogens with zero attached hydrogens (tertiary/aromatic N) is 1. The molecule has 3 rings (SSSR count). The Kier molecular flexibility index (Phi) is 1.73. The zero-order valence-corrected chi connectivity index (χ0v) is 8.27. The van der Waals surface area contributed by atoms with Gasteiger partial charge in [-0.3, -0.25) is 9.78 Å². The molecule has 5 heteroatoms. The van der Waals surface area contributed by atoms with Crippen LogP contribution in [0, 0.1) is 0 Å². The molecule has 0 radical (unpaired) electrons. The maximum atomic E-state index is 11.2. The lowest BCUT2D eigenvalue weighted by atomic mass is 10.1. The smallest absolute Gasteiger partial charge is 0.267 e. The molecule has 0 saturated heterocycles. The van der Waals surface area contributed by atoms with Gasteiger partial charge in [-0.2, -0.15) is 0 Å². The average Bonchev–Trinajstić information content (AvgIpc) is 2.71. The number of amides is 1. The largest absolute Gasteiger partial charge is 0.454 e. The Hall–Kier alpha value is -2.30. The molecule has 1 aliphatic heterocycles. The second-order valence-electron chi connectivity index (χ2n) is 3.45. The normalized spacial score (nSPS) is 13.0. The predicted octanol–water partition coefficient (Wildman–Crippen LogP) is 1.06. The van der Waals surface area contributed by atoms with Crippen LogP contribution in [0.25, 0.3) is 10.8 Å². The van der Waals surface area contributed by atoms with Gasteiger partial charge in [0, 0.05) is 11.6 Å². The van der Waals surface area contributed by atoms with Crippen LogP contribution >= 0.6 is 0 Å². The van der Waals surface area contributed by atoms with Crippen molar-refractivity contribution in [2.24, 2.45) is 5.73 Å². The summed E-state index contributed by atoms with van der Waals surface area (Å²) in [6.45, 7) is 0.199. The minimum atomic E-state index is -0.551. The fourth-order valence-electron chi connectivity index (χ4n) is 1.76. The van der Waals surface area contributed by atoms with Crippen LogP contribution in [0.4, 0.5) is 0 Å². The molecule has 2 heterocycles. The summed E-state index contributed by atoms with van der Waals surface area (Å²) in [6, 6.07) is 5.33. The van der Waals surface area contributed by atoms with E-state index in [0.29, 0.717) is 16.9 Å². The summed E-state index contributed by atoms with van der Waals surface area (Å²) in [5.41, 5.74) is 5.50. The Bertz CT molecular complexity index is 595. The standard InChI is InChI=1S/C11H8N2O3/c12-11(14)10-7-4-9-8(15-5-16-9)3-6(7)1-2-13-10/h1-4H,5H2,(H2,12,14). The predicted molar refractivity (Wildman–Crippen MR) is 56.4 cm³/mol. The molecule has 0 saturated carbocycles. The summed E-state index contributed by atoms with van der Waals surface area (Å²) in [5.74, 6) is 0.738. The van der Waals surface area contributed by atoms with E-state index in [1.165, 1.54) is 0 Å². The topological polar surface area (TPSA) is 74.4 Å². The Morgan fingerprint density at radius 1 is 1.31 bits per heavy atom. The van der Waals surface area contributed by atoms with Crippen LogP contribution in [0.2, 0.25) is 0 Å². The van der Waals surface area contributed by atoms with Gasteiger partial charge in [-0.15, -0.1) is 0 Å². The molecule has 0 atom stereocenters. The third-order valence-electron chi connectivity index (χ3n) is 2.49. The van der Waals surface area contributed by atoms with Crippen LogP contribution in [-0.4, -0.2) is 17.7 Å². The zero-order chi connectivity index (χ0) is 11.1. The number of carbonyl (C=O) groups is 1. The van der Waals surface area contributed by atoms with Crippen LogP contribution in [0.5, 0.6) is 11.5 Å². The highest BCUT2D eigenvalue weighted by Crippen LogP contribution is 2.36. The summed E-state index contributed by atoms with van der Waals surface area (Å²) in [7, 11) is 0. The Labute approximate surface area is 90.8 Å². The summed E-state index contributed by atoms with van der Waals surface area (Å²) in [6.07, 6.45) is 1.55. The first-order valence-electron chi connectivity index (χ1n) is 4.74. The van der Waals surface area contributed by atoms with Crippen molar-refractivity contribution in [1.29, 1.82) is 0 Å². The van der Waals surface area contributed by atoms with E-state index in [1.807, 2.05) is 6.07 Å². The van der Waals surface area contributed by atoms with E-state index in [-0.39, 0.29) is 12.5 Å². The Morgan fingerprint density at radius 3 is 2.81 bits per heavy atom. The maximum absolute atomic E-state index is 11.2. The molecule has 0 aliphatic carbocycles. The van der Waals surface area contributed by atoms with Crippen molar-refractivity contribution in [1.82, 2.24) is 4.98 Å². The highest BCUT2D eigenvalue weighted by molar-refractivity contribution is 6.05. The molecule has 2 aromatic rings. The molecule has 5 nitrogen and oxygen atoms in total. The van der Waals surface area contributed by atoms with Crippen molar-refractivity contribution in [3.05, 3.63) is 30.1 Å². The lowest BCUT2D eigenvalue weighted by Crippen LogP contribution is -2.13. The number of rotatable bonds is 1. The van der Waals surface area contributed by atoms with Gasteiger partial charge in [0.2, 0.25) is 6.79 Å². The second kappa shape index (κ2) is 3.10. The molecular formula is C11H8N2O3. The molecule has 1 aromatic heterocycles. The van der Waals surface area contributed by atoms with Crippen molar-refractivity contribution in [2.75, 3.05) is 6.79 Å². The van der Waals surface area contributed by atoms with Crippen molar-refractivity contribution in [3.8, 4) is 11.5 Å². The van der Waals surface area contributed by atoms with Gasteiger partial charge >= 0.3 is 0 Å². The number of pyridine rings is 1. The zero-order valence-electron chi connectivity index (χ0n) is 8.27. The maximum Gasteiger partial charge on any atom is 0.267 e. The Morgan fingerprint density at radius 2 is 2.06 bits per heavy atom. The number of benzene rings is 1. The molecule has 0 unspecified atom stereocenters. The number of carbonyl (C=O) groups excluding carboxylic acids is 1. The van der Waals surface area contributed by atoms with Gasteiger partial charge < -0.3 is 15.2 Å². The lowest BCUT2D eigenvalue weighted by Gasteiger charge is -2.03. The van der Waals surface area contributed by atoms with Gasteiger partial charge in [0.05, 0.1) is 0 Å². The van der Waals surface area contributed by atoms with E-state index < -0.39 is 5.91 Å². The number of nitrogens with two attached hydrogens (primary N) is 1. The summed E-state index contributed by atoms with van der Waals surface area (Å²) >= 11 is 0. The monoisotopic (exact) mass is 216 g/mol. The number of primary amides is 1. The molecule has 16 heavy (non-hydrogen) atoms. The quantitative estimate of drug-likeness (QED) is 0.773. The molecule has 80 valence electrons. The van der Waals surface area contributed by atoms with E-state index in [4.69, 9.17) is 15.2 Å². The van der Waals surface area contributed by atoms with Gasteiger partial charge in [-0.1, -0.05) is 0 Å². The van der Waals surface area contributed by atoms with Crippen LogP contribution in [-0.2, 0) is 0 Å². The molecule has 2 N–H and O–H groups in total. The van der Waals surface area contributed by atoms with Crippen LogP contribution in [0.1, 0.15) is 10.5 Å². The van der Waals surface area contributed by atoms with Crippen molar-refractivity contribution >= 4 is 16.7 Å². The molecule has 0 spiro atoms. The van der Waals surface area contributed by atoms with Crippen LogP contribution in [0.3, 0.4) is 0 Å². The number of fused-ring (bicyclic) bond motifs is 2. The first-order chi connectivity index (χ1) is 7.75. The molecular weight excluding hydrogens is 208 g/mol. The fraction of sp³-hybridized carbons (Fsp3) is 0.0909.